The molecule has 13 heavy (non-hydrogen) atoms. The summed E-state index contributed by atoms with van der Waals surface area (Å²) in [4.78, 5) is 7.45. The second kappa shape index (κ2) is 3.61. The topological polar surface area (TPSA) is 93.6 Å². The molecule has 0 fully saturated rings. The molecule has 0 aromatic carbocycles. The predicted octanol–water partition coefficient (Wildman–Crippen LogP) is 0.273. The van der Waals surface area contributed by atoms with Crippen LogP contribution in [0.15, 0.2) is 6.20 Å². The van der Waals surface area contributed by atoms with E-state index in [0.717, 1.165) is 0 Å². The Bertz CT molecular complexity index is 400. The van der Waals surface area contributed by atoms with Crippen LogP contribution in [-0.2, 0) is 0 Å². The minimum Gasteiger partial charge on any atom is -0.387 e. The highest BCUT2D eigenvalue weighted by Crippen LogP contribution is 2.09. The van der Waals surface area contributed by atoms with Crippen LogP contribution in [0.5, 0.6) is 0 Å². The smallest absolute Gasteiger partial charge is 0.177 e. The second-order valence-electron chi connectivity index (χ2n) is 2.39. The third-order valence-electron chi connectivity index (χ3n) is 1.43. The van der Waals surface area contributed by atoms with Crippen LogP contribution in [0.2, 0.25) is 0 Å². The van der Waals surface area contributed by atoms with E-state index < -0.39 is 6.10 Å². The van der Waals surface area contributed by atoms with Crippen molar-refractivity contribution in [3.8, 4) is 12.1 Å². The van der Waals surface area contributed by atoms with Gasteiger partial charge in [-0.15, -0.1) is 0 Å². The molecule has 0 saturated carbocycles. The zero-order chi connectivity index (χ0) is 9.84. The van der Waals surface area contributed by atoms with Gasteiger partial charge in [-0.3, -0.25) is 0 Å². The Morgan fingerprint density at radius 1 is 1.38 bits per heavy atom. The molecule has 1 aromatic rings. The third kappa shape index (κ3) is 1.78. The summed E-state index contributed by atoms with van der Waals surface area (Å²) < 4.78 is 0. The van der Waals surface area contributed by atoms with Gasteiger partial charge in [0.2, 0.25) is 0 Å². The molecule has 1 unspecified atom stereocenters. The Labute approximate surface area is 74.9 Å². The van der Waals surface area contributed by atoms with Gasteiger partial charge in [0, 0.05) is 0 Å². The molecule has 0 saturated heterocycles. The average molecular weight is 174 g/mol. The number of rotatable bonds is 1. The van der Waals surface area contributed by atoms with Crippen molar-refractivity contribution in [3.05, 3.63) is 23.3 Å². The molecule has 0 bridgehead atoms. The van der Waals surface area contributed by atoms with E-state index >= 15 is 0 Å². The fraction of sp³-hybridized carbons (Fsp3) is 0.250. The highest BCUT2D eigenvalue weighted by atomic mass is 16.3. The number of aromatic nitrogens is 2. The Balaban J connectivity index is 3.25. The Morgan fingerprint density at radius 2 is 2.00 bits per heavy atom. The molecule has 1 atom stereocenters. The van der Waals surface area contributed by atoms with Gasteiger partial charge in [-0.1, -0.05) is 0 Å². The largest absolute Gasteiger partial charge is 0.387 e. The first kappa shape index (κ1) is 9.11. The van der Waals surface area contributed by atoms with Gasteiger partial charge in [-0.2, -0.15) is 10.5 Å². The molecule has 1 N–H and O–H groups in total. The lowest BCUT2D eigenvalue weighted by atomic mass is 10.2. The molecule has 5 nitrogen and oxygen atoms in total. The van der Waals surface area contributed by atoms with E-state index in [1.54, 1.807) is 12.1 Å². The number of hydrogen-bond acceptors (Lipinski definition) is 5. The van der Waals surface area contributed by atoms with E-state index in [9.17, 15) is 0 Å². The second-order valence-corrected chi connectivity index (χ2v) is 2.39. The Morgan fingerprint density at radius 3 is 2.46 bits per heavy atom. The summed E-state index contributed by atoms with van der Waals surface area (Å²) in [6, 6.07) is 3.47. The molecule has 1 heterocycles. The van der Waals surface area contributed by atoms with Crippen molar-refractivity contribution in [2.45, 2.75) is 13.0 Å². The lowest BCUT2D eigenvalue weighted by Gasteiger charge is -2.02. The molecule has 0 aliphatic rings. The number of nitriles is 2. The van der Waals surface area contributed by atoms with Crippen LogP contribution in [0.1, 0.15) is 30.1 Å². The number of nitrogens with zero attached hydrogens (tertiary/aromatic N) is 4. The molecule has 5 heteroatoms. The van der Waals surface area contributed by atoms with Crippen molar-refractivity contribution in [1.29, 1.82) is 10.5 Å². The van der Waals surface area contributed by atoms with E-state index in [1.165, 1.54) is 13.1 Å². The number of hydrogen-bond donors (Lipinski definition) is 1. The molecule has 0 spiro atoms. The van der Waals surface area contributed by atoms with Crippen LogP contribution in [0.25, 0.3) is 0 Å². The van der Waals surface area contributed by atoms with Gasteiger partial charge in [0.1, 0.15) is 12.1 Å². The summed E-state index contributed by atoms with van der Waals surface area (Å²) in [7, 11) is 0. The third-order valence-corrected chi connectivity index (χ3v) is 1.43. The molecule has 0 aliphatic carbocycles. The molecule has 1 rings (SSSR count). The highest BCUT2D eigenvalue weighted by Gasteiger charge is 2.09. The van der Waals surface area contributed by atoms with E-state index in [-0.39, 0.29) is 17.1 Å². The van der Waals surface area contributed by atoms with Crippen molar-refractivity contribution in [2.24, 2.45) is 0 Å². The van der Waals surface area contributed by atoms with Crippen molar-refractivity contribution >= 4 is 0 Å². The monoisotopic (exact) mass is 174 g/mol. The fourth-order valence-corrected chi connectivity index (χ4v) is 0.764. The SMILES string of the molecule is CC(O)c1cnc(C#N)c(C#N)n1. The first-order valence-corrected chi connectivity index (χ1v) is 3.54. The van der Waals surface area contributed by atoms with Crippen LogP contribution >= 0.6 is 0 Å². The lowest BCUT2D eigenvalue weighted by molar-refractivity contribution is 0.193. The molecule has 0 amide bonds. The molecular weight excluding hydrogens is 168 g/mol. The van der Waals surface area contributed by atoms with Gasteiger partial charge < -0.3 is 5.11 Å². The van der Waals surface area contributed by atoms with Crippen LogP contribution in [0.3, 0.4) is 0 Å². The van der Waals surface area contributed by atoms with Crippen LogP contribution in [0.4, 0.5) is 0 Å². The van der Waals surface area contributed by atoms with Crippen molar-refractivity contribution in [1.82, 2.24) is 9.97 Å². The number of aliphatic hydroxyl groups is 1. The van der Waals surface area contributed by atoms with E-state index in [1.807, 2.05) is 0 Å². The summed E-state index contributed by atoms with van der Waals surface area (Å²) in [6.07, 6.45) is 0.497. The maximum atomic E-state index is 9.11. The minimum atomic E-state index is -0.785. The maximum Gasteiger partial charge on any atom is 0.177 e. The molecule has 1 aromatic heterocycles. The van der Waals surface area contributed by atoms with Gasteiger partial charge in [0.15, 0.2) is 11.4 Å². The first-order valence-electron chi connectivity index (χ1n) is 3.54. The fourth-order valence-electron chi connectivity index (χ4n) is 0.764. The quantitative estimate of drug-likeness (QED) is 0.659. The summed E-state index contributed by atoms with van der Waals surface area (Å²) in [5.74, 6) is 0. The van der Waals surface area contributed by atoms with Gasteiger partial charge in [0.25, 0.3) is 0 Å². The van der Waals surface area contributed by atoms with Gasteiger partial charge in [-0.05, 0) is 6.92 Å². The average Bonchev–Trinajstić information content (AvgIpc) is 2.16. The Kier molecular flexibility index (Phi) is 2.53. The van der Waals surface area contributed by atoms with Crippen LogP contribution in [-0.4, -0.2) is 15.1 Å². The summed E-state index contributed by atoms with van der Waals surface area (Å²) in [5.41, 5.74) is 0.211. The van der Waals surface area contributed by atoms with Gasteiger partial charge >= 0.3 is 0 Å². The molecule has 0 radical (unpaired) electrons. The lowest BCUT2D eigenvalue weighted by Crippen LogP contribution is -2.01. The molecular formula is C8H6N4O. The van der Waals surface area contributed by atoms with Gasteiger partial charge in [0.05, 0.1) is 18.0 Å². The van der Waals surface area contributed by atoms with Crippen molar-refractivity contribution < 1.29 is 5.11 Å². The number of aliphatic hydroxyl groups excluding tert-OH is 1. The van der Waals surface area contributed by atoms with Crippen LogP contribution < -0.4 is 0 Å². The van der Waals surface area contributed by atoms with Gasteiger partial charge in [-0.25, -0.2) is 9.97 Å². The molecule has 64 valence electrons. The zero-order valence-corrected chi connectivity index (χ0v) is 6.89. The van der Waals surface area contributed by atoms with Crippen molar-refractivity contribution in [2.75, 3.05) is 0 Å². The maximum absolute atomic E-state index is 9.11. The van der Waals surface area contributed by atoms with E-state index in [4.69, 9.17) is 15.6 Å². The standard InChI is InChI=1S/C8H6N4O/c1-5(13)8-4-11-6(2-9)7(3-10)12-8/h4-5,13H,1H3. The highest BCUT2D eigenvalue weighted by molar-refractivity contribution is 5.35. The predicted molar refractivity (Wildman–Crippen MR) is 42.1 cm³/mol. The molecule has 0 aliphatic heterocycles. The Hall–Kier alpha value is -1.98. The summed E-state index contributed by atoms with van der Waals surface area (Å²) >= 11 is 0. The summed E-state index contributed by atoms with van der Waals surface area (Å²) in [5, 5.41) is 26.2. The van der Waals surface area contributed by atoms with E-state index in [2.05, 4.69) is 9.97 Å². The van der Waals surface area contributed by atoms with Crippen LogP contribution in [0, 0.1) is 22.7 Å². The minimum absolute atomic E-state index is 0.0214. The van der Waals surface area contributed by atoms with Crippen molar-refractivity contribution in [3.63, 3.8) is 0 Å². The summed E-state index contributed by atoms with van der Waals surface area (Å²) in [6.45, 7) is 1.51. The van der Waals surface area contributed by atoms with E-state index in [0.29, 0.717) is 0 Å². The zero-order valence-electron chi connectivity index (χ0n) is 6.89. The normalized spacial score (nSPS) is 11.4. The first-order chi connectivity index (χ1) is 6.19.